The number of nitrogens with zero attached hydrogens (tertiary/aromatic N) is 3. The molecule has 0 aromatic carbocycles. The average molecular weight is 248 g/mol. The van der Waals surface area contributed by atoms with E-state index in [1.807, 2.05) is 6.20 Å². The Bertz CT molecular complexity index is 444. The monoisotopic (exact) mass is 248 g/mol. The van der Waals surface area contributed by atoms with E-state index >= 15 is 0 Å². The van der Waals surface area contributed by atoms with Gasteiger partial charge in [0.05, 0.1) is 12.4 Å². The highest BCUT2D eigenvalue weighted by atomic mass is 16.2. The standard InChI is InChI=1S/C13H20N4O/c1-9(2)16-5-10(6-16)15-13(18)12-7-17(8-14-12)11-3-4-11/h7-11H,3-6H2,1-2H3,(H,15,18). The van der Waals surface area contributed by atoms with E-state index in [9.17, 15) is 4.79 Å². The fourth-order valence-corrected chi connectivity index (χ4v) is 2.31. The van der Waals surface area contributed by atoms with Crippen LogP contribution in [-0.4, -0.2) is 45.5 Å². The molecular weight excluding hydrogens is 228 g/mol. The molecule has 0 bridgehead atoms. The molecule has 1 aromatic rings. The number of nitrogens with one attached hydrogen (secondary N) is 1. The van der Waals surface area contributed by atoms with Crippen molar-refractivity contribution in [1.29, 1.82) is 0 Å². The van der Waals surface area contributed by atoms with Crippen LogP contribution in [0.1, 0.15) is 43.2 Å². The molecule has 1 saturated carbocycles. The Morgan fingerprint density at radius 1 is 1.44 bits per heavy atom. The van der Waals surface area contributed by atoms with E-state index < -0.39 is 0 Å². The molecular formula is C13H20N4O. The Labute approximate surface area is 107 Å². The molecule has 1 aliphatic heterocycles. The van der Waals surface area contributed by atoms with Gasteiger partial charge in [0.1, 0.15) is 5.69 Å². The third-order valence-electron chi connectivity index (χ3n) is 3.78. The topological polar surface area (TPSA) is 50.2 Å². The van der Waals surface area contributed by atoms with E-state index in [4.69, 9.17) is 0 Å². The summed E-state index contributed by atoms with van der Waals surface area (Å²) in [6, 6.07) is 1.43. The summed E-state index contributed by atoms with van der Waals surface area (Å²) in [6.07, 6.45) is 6.06. The van der Waals surface area contributed by atoms with Gasteiger partial charge in [-0.1, -0.05) is 0 Å². The first kappa shape index (κ1) is 11.7. The van der Waals surface area contributed by atoms with Crippen molar-refractivity contribution in [3.8, 4) is 0 Å². The van der Waals surface area contributed by atoms with Gasteiger partial charge in [0.15, 0.2) is 0 Å². The molecule has 5 heteroatoms. The minimum atomic E-state index is -0.0391. The molecule has 2 aliphatic rings. The Morgan fingerprint density at radius 2 is 2.17 bits per heavy atom. The van der Waals surface area contributed by atoms with Crippen LogP contribution in [0.25, 0.3) is 0 Å². The molecule has 0 atom stereocenters. The van der Waals surface area contributed by atoms with Crippen molar-refractivity contribution < 1.29 is 4.79 Å². The van der Waals surface area contributed by atoms with Crippen molar-refractivity contribution in [3.63, 3.8) is 0 Å². The largest absolute Gasteiger partial charge is 0.345 e. The van der Waals surface area contributed by atoms with Gasteiger partial charge in [-0.25, -0.2) is 4.98 Å². The number of rotatable bonds is 4. The zero-order valence-electron chi connectivity index (χ0n) is 11.0. The van der Waals surface area contributed by atoms with Gasteiger partial charge in [0, 0.05) is 31.4 Å². The quantitative estimate of drug-likeness (QED) is 0.866. The first-order chi connectivity index (χ1) is 8.63. The molecule has 2 fully saturated rings. The minimum Gasteiger partial charge on any atom is -0.345 e. The van der Waals surface area contributed by atoms with Gasteiger partial charge in [-0.2, -0.15) is 0 Å². The normalized spacial score (nSPS) is 21.1. The van der Waals surface area contributed by atoms with Gasteiger partial charge in [-0.15, -0.1) is 0 Å². The SMILES string of the molecule is CC(C)N1CC(NC(=O)c2cn(C3CC3)cn2)C1. The first-order valence-electron chi connectivity index (χ1n) is 6.72. The lowest BCUT2D eigenvalue weighted by atomic mass is 10.1. The first-order valence-corrected chi connectivity index (χ1v) is 6.72. The maximum Gasteiger partial charge on any atom is 0.271 e. The second-order valence-electron chi connectivity index (χ2n) is 5.66. The number of carbonyl (C=O) groups is 1. The molecule has 98 valence electrons. The fraction of sp³-hybridized carbons (Fsp3) is 0.692. The van der Waals surface area contributed by atoms with E-state index in [0.29, 0.717) is 17.8 Å². The molecule has 18 heavy (non-hydrogen) atoms. The van der Waals surface area contributed by atoms with Crippen LogP contribution in [0, 0.1) is 0 Å². The molecule has 1 amide bonds. The van der Waals surface area contributed by atoms with Crippen molar-refractivity contribution in [2.24, 2.45) is 0 Å². The molecule has 2 heterocycles. The summed E-state index contributed by atoms with van der Waals surface area (Å²) in [5.74, 6) is -0.0391. The van der Waals surface area contributed by atoms with Crippen molar-refractivity contribution in [2.75, 3.05) is 13.1 Å². The Morgan fingerprint density at radius 3 is 2.78 bits per heavy atom. The lowest BCUT2D eigenvalue weighted by molar-refractivity contribution is 0.0710. The summed E-state index contributed by atoms with van der Waals surface area (Å²) in [5, 5.41) is 3.03. The van der Waals surface area contributed by atoms with Crippen molar-refractivity contribution >= 4 is 5.91 Å². The number of hydrogen-bond donors (Lipinski definition) is 1. The zero-order chi connectivity index (χ0) is 12.7. The highest BCUT2D eigenvalue weighted by molar-refractivity contribution is 5.92. The fourth-order valence-electron chi connectivity index (χ4n) is 2.31. The van der Waals surface area contributed by atoms with Crippen LogP contribution in [0.4, 0.5) is 0 Å². The summed E-state index contributed by atoms with van der Waals surface area (Å²) >= 11 is 0. The van der Waals surface area contributed by atoms with Crippen molar-refractivity contribution in [2.45, 2.75) is 44.8 Å². The molecule has 0 unspecified atom stereocenters. The number of amides is 1. The van der Waals surface area contributed by atoms with Crippen LogP contribution in [0.15, 0.2) is 12.5 Å². The van der Waals surface area contributed by atoms with Gasteiger partial charge < -0.3 is 9.88 Å². The maximum atomic E-state index is 12.0. The summed E-state index contributed by atoms with van der Waals surface area (Å²) in [4.78, 5) is 18.5. The maximum absolute atomic E-state index is 12.0. The number of hydrogen-bond acceptors (Lipinski definition) is 3. The van der Waals surface area contributed by atoms with Gasteiger partial charge in [-0.3, -0.25) is 9.69 Å². The number of likely N-dealkylation sites (tertiary alicyclic amines) is 1. The lowest BCUT2D eigenvalue weighted by Gasteiger charge is -2.42. The molecule has 5 nitrogen and oxygen atoms in total. The van der Waals surface area contributed by atoms with Gasteiger partial charge in [0.25, 0.3) is 5.91 Å². The Kier molecular flexibility index (Phi) is 2.86. The summed E-state index contributed by atoms with van der Waals surface area (Å²) in [7, 11) is 0. The van der Waals surface area contributed by atoms with Crippen LogP contribution in [0.5, 0.6) is 0 Å². The van der Waals surface area contributed by atoms with E-state index in [1.54, 1.807) is 6.33 Å². The van der Waals surface area contributed by atoms with Gasteiger partial charge in [0.2, 0.25) is 0 Å². The van der Waals surface area contributed by atoms with Crippen LogP contribution < -0.4 is 5.32 Å². The zero-order valence-corrected chi connectivity index (χ0v) is 11.0. The molecule has 0 spiro atoms. The minimum absolute atomic E-state index is 0.0391. The summed E-state index contributed by atoms with van der Waals surface area (Å²) in [6.45, 7) is 6.25. The molecule has 1 aliphatic carbocycles. The molecule has 3 rings (SSSR count). The molecule has 1 saturated heterocycles. The van der Waals surface area contributed by atoms with E-state index in [0.717, 1.165) is 13.1 Å². The van der Waals surface area contributed by atoms with Crippen LogP contribution in [-0.2, 0) is 0 Å². The van der Waals surface area contributed by atoms with Crippen molar-refractivity contribution in [3.05, 3.63) is 18.2 Å². The number of carbonyl (C=O) groups excluding carboxylic acids is 1. The second-order valence-corrected chi connectivity index (χ2v) is 5.66. The van der Waals surface area contributed by atoms with E-state index in [1.165, 1.54) is 12.8 Å². The predicted molar refractivity (Wildman–Crippen MR) is 68.5 cm³/mol. The molecule has 0 radical (unpaired) electrons. The highest BCUT2D eigenvalue weighted by Gasteiger charge is 2.30. The Balaban J connectivity index is 1.52. The van der Waals surface area contributed by atoms with Crippen LogP contribution in [0.3, 0.4) is 0 Å². The van der Waals surface area contributed by atoms with Gasteiger partial charge in [-0.05, 0) is 26.7 Å². The number of aromatic nitrogens is 2. The smallest absolute Gasteiger partial charge is 0.271 e. The van der Waals surface area contributed by atoms with E-state index in [-0.39, 0.29) is 11.9 Å². The van der Waals surface area contributed by atoms with Gasteiger partial charge >= 0.3 is 0 Å². The summed E-state index contributed by atoms with van der Waals surface area (Å²) in [5.41, 5.74) is 0.546. The molecule has 1 aromatic heterocycles. The average Bonchev–Trinajstić information content (AvgIpc) is 3.00. The summed E-state index contributed by atoms with van der Waals surface area (Å²) < 4.78 is 2.05. The third-order valence-corrected chi connectivity index (χ3v) is 3.78. The lowest BCUT2D eigenvalue weighted by Crippen LogP contribution is -2.61. The Hall–Kier alpha value is -1.36. The van der Waals surface area contributed by atoms with E-state index in [2.05, 4.69) is 33.6 Å². The van der Waals surface area contributed by atoms with Crippen LogP contribution in [0.2, 0.25) is 0 Å². The van der Waals surface area contributed by atoms with Crippen LogP contribution >= 0.6 is 0 Å². The highest BCUT2D eigenvalue weighted by Crippen LogP contribution is 2.34. The third kappa shape index (κ3) is 2.27. The number of imidazole rings is 1. The van der Waals surface area contributed by atoms with Crippen molar-refractivity contribution in [1.82, 2.24) is 19.8 Å². The predicted octanol–water partition coefficient (Wildman–Crippen LogP) is 1.04. The molecule has 1 N–H and O–H groups in total. The second kappa shape index (κ2) is 4.39.